The summed E-state index contributed by atoms with van der Waals surface area (Å²) in [6.07, 6.45) is 1.41. The molecule has 28 heavy (non-hydrogen) atoms. The predicted octanol–water partition coefficient (Wildman–Crippen LogP) is 3.86. The van der Waals surface area contributed by atoms with Gasteiger partial charge < -0.3 is 19.9 Å². The molecule has 0 saturated carbocycles. The van der Waals surface area contributed by atoms with Crippen molar-refractivity contribution >= 4 is 39.6 Å². The first-order valence-corrected chi connectivity index (χ1v) is 9.03. The van der Waals surface area contributed by atoms with Crippen LogP contribution in [0.2, 0.25) is 0 Å². The third kappa shape index (κ3) is 5.86. The van der Waals surface area contributed by atoms with Gasteiger partial charge in [0, 0.05) is 10.2 Å². The predicted molar refractivity (Wildman–Crippen MR) is 107 cm³/mol. The Balaban J connectivity index is 2.33. The molecule has 0 aliphatic heterocycles. The number of ether oxygens (including phenoxy) is 2. The minimum Gasteiger partial charge on any atom is -0.490 e. The zero-order chi connectivity index (χ0) is 20.5. The molecule has 0 heterocycles. The number of para-hydroxylation sites is 1. The van der Waals surface area contributed by atoms with Gasteiger partial charge in [0.2, 0.25) is 0 Å². The van der Waals surface area contributed by atoms with Gasteiger partial charge >= 0.3 is 5.97 Å². The summed E-state index contributed by atoms with van der Waals surface area (Å²) in [6, 6.07) is 13.8. The quantitative estimate of drug-likeness (QED) is 0.472. The monoisotopic (exact) mass is 444 g/mol. The number of nitriles is 1. The van der Waals surface area contributed by atoms with Crippen LogP contribution < -0.4 is 14.8 Å². The van der Waals surface area contributed by atoms with Crippen LogP contribution in [0.5, 0.6) is 11.5 Å². The molecular weight excluding hydrogens is 428 g/mol. The van der Waals surface area contributed by atoms with E-state index in [2.05, 4.69) is 21.2 Å². The van der Waals surface area contributed by atoms with Crippen LogP contribution in [0.1, 0.15) is 12.5 Å². The summed E-state index contributed by atoms with van der Waals surface area (Å²) in [7, 11) is 0. The molecule has 0 fully saturated rings. The first-order valence-electron chi connectivity index (χ1n) is 8.23. The molecule has 0 aliphatic carbocycles. The van der Waals surface area contributed by atoms with E-state index in [1.807, 2.05) is 12.1 Å². The maximum absolute atomic E-state index is 12.4. The number of halogens is 1. The number of carboxylic acids is 1. The Morgan fingerprint density at radius 2 is 1.89 bits per heavy atom. The molecule has 0 atom stereocenters. The normalized spacial score (nSPS) is 10.7. The fourth-order valence-electron chi connectivity index (χ4n) is 2.21. The Hall–Kier alpha value is -3.31. The Labute approximate surface area is 170 Å². The Kier molecular flexibility index (Phi) is 7.60. The fourth-order valence-corrected chi connectivity index (χ4v) is 2.64. The second kappa shape index (κ2) is 10.1. The van der Waals surface area contributed by atoms with Crippen LogP contribution in [0, 0.1) is 11.3 Å². The smallest absolute Gasteiger partial charge is 0.341 e. The largest absolute Gasteiger partial charge is 0.490 e. The lowest BCUT2D eigenvalue weighted by Crippen LogP contribution is -2.13. The first kappa shape index (κ1) is 21.0. The van der Waals surface area contributed by atoms with Crippen molar-refractivity contribution in [3.8, 4) is 17.6 Å². The molecule has 0 spiro atoms. The van der Waals surface area contributed by atoms with Crippen LogP contribution in [-0.4, -0.2) is 30.2 Å². The van der Waals surface area contributed by atoms with Crippen molar-refractivity contribution in [2.45, 2.75) is 6.92 Å². The van der Waals surface area contributed by atoms with Crippen molar-refractivity contribution in [1.82, 2.24) is 0 Å². The maximum atomic E-state index is 12.4. The molecule has 0 saturated heterocycles. The van der Waals surface area contributed by atoms with E-state index in [0.29, 0.717) is 28.1 Å². The van der Waals surface area contributed by atoms with Gasteiger partial charge in [-0.2, -0.15) is 5.26 Å². The number of carbonyl (C=O) groups excluding carboxylic acids is 1. The molecule has 2 N–H and O–H groups in total. The summed E-state index contributed by atoms with van der Waals surface area (Å²) < 4.78 is 11.2. The lowest BCUT2D eigenvalue weighted by atomic mass is 10.1. The molecule has 2 aromatic carbocycles. The average molecular weight is 445 g/mol. The van der Waals surface area contributed by atoms with Gasteiger partial charge in [0.1, 0.15) is 11.6 Å². The topological polar surface area (TPSA) is 109 Å². The van der Waals surface area contributed by atoms with Crippen molar-refractivity contribution in [2.24, 2.45) is 0 Å². The van der Waals surface area contributed by atoms with Gasteiger partial charge in [-0.1, -0.05) is 34.1 Å². The highest BCUT2D eigenvalue weighted by molar-refractivity contribution is 9.10. The number of amides is 1. The van der Waals surface area contributed by atoms with E-state index >= 15 is 0 Å². The van der Waals surface area contributed by atoms with Crippen LogP contribution in [-0.2, 0) is 9.59 Å². The number of rotatable bonds is 8. The van der Waals surface area contributed by atoms with Gasteiger partial charge in [0.05, 0.1) is 6.61 Å². The number of carboxylic acid groups (broad SMARTS) is 1. The standard InChI is InChI=1S/C20H17BrN2O5/c1-2-27-17-9-13(16(21)10-18(17)28-12-19(24)25)8-14(11-22)20(26)23-15-6-4-3-5-7-15/h3-10H,2,12H2,1H3,(H,23,26)(H,24,25)/b14-8+. The number of anilines is 1. The highest BCUT2D eigenvalue weighted by atomic mass is 79.9. The Bertz CT molecular complexity index is 936. The van der Waals surface area contributed by atoms with E-state index in [9.17, 15) is 14.9 Å². The highest BCUT2D eigenvalue weighted by Gasteiger charge is 2.14. The third-order valence-electron chi connectivity index (χ3n) is 3.41. The summed E-state index contributed by atoms with van der Waals surface area (Å²) in [6.45, 7) is 1.57. The maximum Gasteiger partial charge on any atom is 0.341 e. The second-order valence-corrected chi connectivity index (χ2v) is 6.28. The second-order valence-electron chi connectivity index (χ2n) is 5.43. The molecule has 1 amide bonds. The van der Waals surface area contributed by atoms with Crippen molar-refractivity contribution in [1.29, 1.82) is 5.26 Å². The van der Waals surface area contributed by atoms with Gasteiger partial charge in [-0.05, 0) is 42.8 Å². The molecule has 0 radical (unpaired) electrons. The molecule has 2 rings (SSSR count). The molecule has 144 valence electrons. The molecular formula is C20H17BrN2O5. The molecule has 0 unspecified atom stereocenters. The lowest BCUT2D eigenvalue weighted by Gasteiger charge is -2.13. The molecule has 8 heteroatoms. The van der Waals surface area contributed by atoms with Gasteiger partial charge in [0.15, 0.2) is 18.1 Å². The van der Waals surface area contributed by atoms with E-state index in [1.54, 1.807) is 37.3 Å². The van der Waals surface area contributed by atoms with Crippen LogP contribution in [0.3, 0.4) is 0 Å². The molecule has 0 bridgehead atoms. The van der Waals surface area contributed by atoms with Crippen molar-refractivity contribution in [3.05, 3.63) is 58.1 Å². The van der Waals surface area contributed by atoms with Gasteiger partial charge in [0.25, 0.3) is 5.91 Å². The third-order valence-corrected chi connectivity index (χ3v) is 4.10. The van der Waals surface area contributed by atoms with E-state index < -0.39 is 18.5 Å². The zero-order valence-electron chi connectivity index (χ0n) is 14.9. The summed E-state index contributed by atoms with van der Waals surface area (Å²) in [4.78, 5) is 23.1. The summed E-state index contributed by atoms with van der Waals surface area (Å²) in [5.41, 5.74) is 0.970. The summed E-state index contributed by atoms with van der Waals surface area (Å²) >= 11 is 3.34. The molecule has 0 aromatic heterocycles. The van der Waals surface area contributed by atoms with Crippen molar-refractivity contribution in [2.75, 3.05) is 18.5 Å². The van der Waals surface area contributed by atoms with Crippen LogP contribution in [0.15, 0.2) is 52.5 Å². The number of hydrogen-bond donors (Lipinski definition) is 2. The van der Waals surface area contributed by atoms with E-state index in [1.165, 1.54) is 12.1 Å². The average Bonchev–Trinajstić information content (AvgIpc) is 2.67. The highest BCUT2D eigenvalue weighted by Crippen LogP contribution is 2.35. The zero-order valence-corrected chi connectivity index (χ0v) is 16.5. The minimum atomic E-state index is -1.12. The molecule has 2 aromatic rings. The number of nitrogens with zero attached hydrogens (tertiary/aromatic N) is 1. The lowest BCUT2D eigenvalue weighted by molar-refractivity contribution is -0.139. The fraction of sp³-hybridized carbons (Fsp3) is 0.150. The van der Waals surface area contributed by atoms with Gasteiger partial charge in [-0.3, -0.25) is 4.79 Å². The van der Waals surface area contributed by atoms with Crippen molar-refractivity contribution < 1.29 is 24.2 Å². The Morgan fingerprint density at radius 3 is 2.50 bits per heavy atom. The van der Waals surface area contributed by atoms with Crippen LogP contribution >= 0.6 is 15.9 Å². The van der Waals surface area contributed by atoms with Crippen LogP contribution in [0.25, 0.3) is 6.08 Å². The van der Waals surface area contributed by atoms with Gasteiger partial charge in [-0.25, -0.2) is 4.79 Å². The number of hydrogen-bond acceptors (Lipinski definition) is 5. The van der Waals surface area contributed by atoms with E-state index in [-0.39, 0.29) is 11.3 Å². The first-order chi connectivity index (χ1) is 13.4. The molecule has 7 nitrogen and oxygen atoms in total. The van der Waals surface area contributed by atoms with E-state index in [0.717, 1.165) is 0 Å². The number of aliphatic carboxylic acids is 1. The van der Waals surface area contributed by atoms with Crippen molar-refractivity contribution in [3.63, 3.8) is 0 Å². The number of nitrogens with one attached hydrogen (secondary N) is 1. The van der Waals surface area contributed by atoms with E-state index in [4.69, 9.17) is 14.6 Å². The SMILES string of the molecule is CCOc1cc(/C=C(\C#N)C(=O)Nc2ccccc2)c(Br)cc1OCC(=O)O. The summed E-state index contributed by atoms with van der Waals surface area (Å²) in [5.74, 6) is -1.13. The van der Waals surface area contributed by atoms with Crippen LogP contribution in [0.4, 0.5) is 5.69 Å². The summed E-state index contributed by atoms with van der Waals surface area (Å²) in [5, 5.41) is 20.8. The number of carbonyl (C=O) groups is 2. The Morgan fingerprint density at radius 1 is 1.21 bits per heavy atom. The molecule has 0 aliphatic rings. The minimum absolute atomic E-state index is 0.105. The van der Waals surface area contributed by atoms with Gasteiger partial charge in [-0.15, -0.1) is 0 Å². The number of benzene rings is 2.